The summed E-state index contributed by atoms with van der Waals surface area (Å²) >= 11 is 0. The highest BCUT2D eigenvalue weighted by atomic mass is 19.4. The number of imidazole rings is 1. The number of hydrogen-bond acceptors (Lipinski definition) is 3. The van der Waals surface area contributed by atoms with Gasteiger partial charge in [0.15, 0.2) is 0 Å². The molecule has 0 aliphatic carbocycles. The summed E-state index contributed by atoms with van der Waals surface area (Å²) in [6, 6.07) is 16.7. The number of fused-ring (bicyclic) bond motifs is 2. The molecule has 0 atom stereocenters. The number of benzene rings is 2. The molecule has 31 heavy (non-hydrogen) atoms. The molecule has 5 rings (SSSR count). The van der Waals surface area contributed by atoms with Crippen LogP contribution in [0.3, 0.4) is 0 Å². The van der Waals surface area contributed by atoms with Crippen molar-refractivity contribution in [1.29, 1.82) is 0 Å². The largest absolute Gasteiger partial charge is 0.416 e. The molecule has 0 bridgehead atoms. The molecule has 1 aliphatic heterocycles. The number of hydrogen-bond donors (Lipinski definition) is 0. The topological polar surface area (TPSA) is 54.7 Å². The molecule has 0 N–H and O–H groups in total. The van der Waals surface area contributed by atoms with E-state index >= 15 is 0 Å². The number of carbonyl (C=O) groups excluding carboxylic acids is 2. The van der Waals surface area contributed by atoms with Gasteiger partial charge in [-0.15, -0.1) is 0 Å². The Morgan fingerprint density at radius 2 is 1.42 bits per heavy atom. The van der Waals surface area contributed by atoms with Gasteiger partial charge in [-0.05, 0) is 36.4 Å². The molecule has 154 valence electrons. The Hall–Kier alpha value is -3.94. The number of carbonyl (C=O) groups is 2. The Bertz CT molecular complexity index is 1310. The second-order valence-corrected chi connectivity index (χ2v) is 7.15. The Balaban J connectivity index is 1.55. The summed E-state index contributed by atoms with van der Waals surface area (Å²) in [5.74, 6) is -0.367. The maximum absolute atomic E-state index is 12.9. The quantitative estimate of drug-likeness (QED) is 0.446. The van der Waals surface area contributed by atoms with Crippen molar-refractivity contribution in [2.75, 3.05) is 0 Å². The Labute approximate surface area is 174 Å². The molecule has 2 aromatic carbocycles. The van der Waals surface area contributed by atoms with Crippen LogP contribution in [-0.2, 0) is 12.7 Å². The minimum atomic E-state index is -4.43. The summed E-state index contributed by atoms with van der Waals surface area (Å²) in [5, 5.41) is 0. The van der Waals surface area contributed by atoms with Gasteiger partial charge in [0.1, 0.15) is 5.82 Å². The van der Waals surface area contributed by atoms with Crippen LogP contribution in [0.25, 0.3) is 16.8 Å². The second kappa shape index (κ2) is 6.80. The molecule has 3 heterocycles. The molecular formula is C23H14F3N3O2. The van der Waals surface area contributed by atoms with Gasteiger partial charge in [0.2, 0.25) is 0 Å². The summed E-state index contributed by atoms with van der Waals surface area (Å²) in [7, 11) is 0. The van der Waals surface area contributed by atoms with E-state index in [2.05, 4.69) is 4.98 Å². The fraction of sp³-hybridized carbons (Fsp3) is 0.0870. The average molecular weight is 421 g/mol. The van der Waals surface area contributed by atoms with Crippen LogP contribution >= 0.6 is 0 Å². The minimum Gasteiger partial charge on any atom is -0.302 e. The second-order valence-electron chi connectivity index (χ2n) is 7.15. The fourth-order valence-corrected chi connectivity index (χ4v) is 3.77. The molecule has 2 aromatic heterocycles. The van der Waals surface area contributed by atoms with Crippen molar-refractivity contribution in [2.24, 2.45) is 0 Å². The van der Waals surface area contributed by atoms with Crippen molar-refractivity contribution in [1.82, 2.24) is 14.3 Å². The van der Waals surface area contributed by atoms with Gasteiger partial charge in [0, 0.05) is 11.8 Å². The van der Waals surface area contributed by atoms with Crippen molar-refractivity contribution >= 4 is 17.3 Å². The van der Waals surface area contributed by atoms with E-state index in [4.69, 9.17) is 0 Å². The van der Waals surface area contributed by atoms with Crippen LogP contribution < -0.4 is 0 Å². The Morgan fingerprint density at radius 3 is 2.03 bits per heavy atom. The van der Waals surface area contributed by atoms with Crippen molar-refractivity contribution in [3.8, 4) is 11.3 Å². The van der Waals surface area contributed by atoms with E-state index < -0.39 is 23.6 Å². The summed E-state index contributed by atoms with van der Waals surface area (Å²) in [6.45, 7) is -0.0574. The summed E-state index contributed by atoms with van der Waals surface area (Å²) in [6.07, 6.45) is -2.69. The van der Waals surface area contributed by atoms with Gasteiger partial charge in [-0.25, -0.2) is 4.98 Å². The van der Waals surface area contributed by atoms with Gasteiger partial charge in [0.25, 0.3) is 11.8 Å². The Morgan fingerprint density at radius 1 is 0.806 bits per heavy atom. The van der Waals surface area contributed by atoms with Crippen LogP contribution in [0.2, 0.25) is 0 Å². The first-order chi connectivity index (χ1) is 14.8. The summed E-state index contributed by atoms with van der Waals surface area (Å²) in [4.78, 5) is 31.1. The molecule has 0 spiro atoms. The third-order valence-corrected chi connectivity index (χ3v) is 5.28. The molecule has 2 amide bonds. The van der Waals surface area contributed by atoms with Crippen molar-refractivity contribution in [3.63, 3.8) is 0 Å². The third-order valence-electron chi connectivity index (χ3n) is 5.28. The number of pyridine rings is 1. The first-order valence-electron chi connectivity index (χ1n) is 9.43. The predicted octanol–water partition coefficient (Wildman–Crippen LogP) is 4.82. The molecule has 8 heteroatoms. The molecule has 0 unspecified atom stereocenters. The lowest BCUT2D eigenvalue weighted by molar-refractivity contribution is -0.137. The monoisotopic (exact) mass is 421 g/mol. The first-order valence-corrected chi connectivity index (χ1v) is 9.43. The van der Waals surface area contributed by atoms with E-state index in [0.717, 1.165) is 17.0 Å². The zero-order chi connectivity index (χ0) is 21.8. The van der Waals surface area contributed by atoms with Crippen LogP contribution in [0.1, 0.15) is 32.1 Å². The van der Waals surface area contributed by atoms with E-state index in [9.17, 15) is 22.8 Å². The Kier molecular flexibility index (Phi) is 4.18. The van der Waals surface area contributed by atoms with Gasteiger partial charge in [-0.2, -0.15) is 13.2 Å². The highest BCUT2D eigenvalue weighted by molar-refractivity contribution is 6.21. The molecule has 1 aliphatic rings. The van der Waals surface area contributed by atoms with Crippen molar-refractivity contribution in [2.45, 2.75) is 12.7 Å². The highest BCUT2D eigenvalue weighted by Crippen LogP contribution is 2.32. The van der Waals surface area contributed by atoms with E-state index in [-0.39, 0.29) is 6.54 Å². The predicted molar refractivity (Wildman–Crippen MR) is 106 cm³/mol. The van der Waals surface area contributed by atoms with Gasteiger partial charge < -0.3 is 4.40 Å². The van der Waals surface area contributed by atoms with Crippen LogP contribution in [-0.4, -0.2) is 26.1 Å². The lowest BCUT2D eigenvalue weighted by atomic mass is 10.1. The van der Waals surface area contributed by atoms with Crippen molar-refractivity contribution in [3.05, 3.63) is 95.4 Å². The van der Waals surface area contributed by atoms with Crippen LogP contribution in [0.15, 0.2) is 72.9 Å². The minimum absolute atomic E-state index is 0.0574. The van der Waals surface area contributed by atoms with Gasteiger partial charge in [-0.3, -0.25) is 14.5 Å². The number of rotatable bonds is 3. The number of halogens is 3. The van der Waals surface area contributed by atoms with Gasteiger partial charge in [-0.1, -0.05) is 30.3 Å². The lowest BCUT2D eigenvalue weighted by Gasteiger charge is -2.12. The van der Waals surface area contributed by atoms with Crippen LogP contribution in [0.5, 0.6) is 0 Å². The maximum atomic E-state index is 12.9. The highest BCUT2D eigenvalue weighted by Gasteiger charge is 2.36. The third kappa shape index (κ3) is 3.07. The maximum Gasteiger partial charge on any atom is 0.416 e. The van der Waals surface area contributed by atoms with Gasteiger partial charge in [0.05, 0.1) is 34.4 Å². The standard InChI is InChI=1S/C23H14F3N3O2/c24-23(25,26)15-10-8-14(9-11-15)20-18-7-3-4-12-28(18)19(27-20)13-29-21(30)16-5-1-2-6-17(16)22(29)31/h1-12H,13H2. The smallest absolute Gasteiger partial charge is 0.302 e. The number of nitrogens with zero attached hydrogens (tertiary/aromatic N) is 3. The molecular weight excluding hydrogens is 407 g/mol. The SMILES string of the molecule is O=C1c2ccccc2C(=O)N1Cc1nc(-c2ccc(C(F)(F)F)cc2)c2ccccn12. The molecule has 4 aromatic rings. The molecule has 0 saturated carbocycles. The molecule has 0 saturated heterocycles. The van der Waals surface area contributed by atoms with Crippen molar-refractivity contribution < 1.29 is 22.8 Å². The number of amides is 2. The van der Waals surface area contributed by atoms with E-state index in [1.165, 1.54) is 12.1 Å². The zero-order valence-corrected chi connectivity index (χ0v) is 15.9. The summed E-state index contributed by atoms with van der Waals surface area (Å²) < 4.78 is 40.4. The van der Waals surface area contributed by atoms with E-state index in [0.29, 0.717) is 33.7 Å². The van der Waals surface area contributed by atoms with E-state index in [1.54, 1.807) is 53.1 Å². The van der Waals surface area contributed by atoms with E-state index in [1.807, 2.05) is 0 Å². The van der Waals surface area contributed by atoms with Crippen LogP contribution in [0, 0.1) is 0 Å². The molecule has 0 fully saturated rings. The van der Waals surface area contributed by atoms with Gasteiger partial charge >= 0.3 is 6.18 Å². The first kappa shape index (κ1) is 19.0. The molecule has 5 nitrogen and oxygen atoms in total. The number of imide groups is 1. The molecule has 0 radical (unpaired) electrons. The normalized spacial score (nSPS) is 13.8. The number of aromatic nitrogens is 2. The fourth-order valence-electron chi connectivity index (χ4n) is 3.77. The number of alkyl halides is 3. The summed E-state index contributed by atoms with van der Waals surface area (Å²) in [5.41, 5.74) is 1.58. The lowest BCUT2D eigenvalue weighted by Crippen LogP contribution is -2.30. The zero-order valence-electron chi connectivity index (χ0n) is 15.9. The average Bonchev–Trinajstić information content (AvgIpc) is 3.25. The van der Waals surface area contributed by atoms with Crippen LogP contribution in [0.4, 0.5) is 13.2 Å².